The van der Waals surface area contributed by atoms with Crippen LogP contribution in [0.1, 0.15) is 25.7 Å². The molecule has 0 aromatic heterocycles. The number of nitrogens with one attached hydrogen (secondary N) is 1. The largest absolute Gasteiger partial charge is 0.335 e. The SMILES string of the molecule is C=CCNCC(=O)N(CC=C)C1CCCC1. The van der Waals surface area contributed by atoms with Gasteiger partial charge in [0.05, 0.1) is 6.54 Å². The van der Waals surface area contributed by atoms with Crippen molar-refractivity contribution in [3.05, 3.63) is 25.3 Å². The van der Waals surface area contributed by atoms with Gasteiger partial charge < -0.3 is 10.2 Å². The van der Waals surface area contributed by atoms with Gasteiger partial charge >= 0.3 is 0 Å². The lowest BCUT2D eigenvalue weighted by molar-refractivity contribution is -0.131. The number of rotatable bonds is 7. The molecule has 3 heteroatoms. The lowest BCUT2D eigenvalue weighted by atomic mass is 10.2. The van der Waals surface area contributed by atoms with E-state index in [0.717, 1.165) is 12.8 Å². The first-order valence-corrected chi connectivity index (χ1v) is 6.01. The van der Waals surface area contributed by atoms with Crippen molar-refractivity contribution in [3.63, 3.8) is 0 Å². The van der Waals surface area contributed by atoms with Crippen LogP contribution in [0.3, 0.4) is 0 Å². The predicted octanol–water partition coefficient (Wildman–Crippen LogP) is 1.72. The fourth-order valence-electron chi connectivity index (χ4n) is 2.19. The van der Waals surface area contributed by atoms with E-state index in [0.29, 0.717) is 25.7 Å². The fraction of sp³-hybridized carbons (Fsp3) is 0.615. The van der Waals surface area contributed by atoms with Gasteiger partial charge in [0.2, 0.25) is 5.91 Å². The number of carbonyl (C=O) groups excluding carboxylic acids is 1. The maximum atomic E-state index is 12.0. The third-order valence-electron chi connectivity index (χ3n) is 2.98. The first-order valence-electron chi connectivity index (χ1n) is 6.01. The number of nitrogens with zero attached hydrogens (tertiary/aromatic N) is 1. The lowest BCUT2D eigenvalue weighted by Gasteiger charge is -2.28. The van der Waals surface area contributed by atoms with E-state index in [4.69, 9.17) is 0 Å². The van der Waals surface area contributed by atoms with Crippen molar-refractivity contribution >= 4 is 5.91 Å². The Morgan fingerprint density at radius 2 is 2.00 bits per heavy atom. The van der Waals surface area contributed by atoms with Crippen LogP contribution in [-0.4, -0.2) is 36.5 Å². The second kappa shape index (κ2) is 7.23. The van der Waals surface area contributed by atoms with Crippen LogP contribution in [0.15, 0.2) is 25.3 Å². The number of carbonyl (C=O) groups is 1. The minimum Gasteiger partial charge on any atom is -0.335 e. The Kier molecular flexibility index (Phi) is 5.86. The monoisotopic (exact) mass is 222 g/mol. The van der Waals surface area contributed by atoms with Gasteiger partial charge in [-0.15, -0.1) is 13.2 Å². The van der Waals surface area contributed by atoms with Crippen LogP contribution in [0.5, 0.6) is 0 Å². The fourth-order valence-corrected chi connectivity index (χ4v) is 2.19. The van der Waals surface area contributed by atoms with E-state index in [9.17, 15) is 4.79 Å². The van der Waals surface area contributed by atoms with E-state index in [1.165, 1.54) is 12.8 Å². The summed E-state index contributed by atoms with van der Waals surface area (Å²) >= 11 is 0. The first-order chi connectivity index (χ1) is 7.79. The summed E-state index contributed by atoms with van der Waals surface area (Å²) in [5, 5.41) is 3.05. The van der Waals surface area contributed by atoms with E-state index >= 15 is 0 Å². The molecule has 16 heavy (non-hydrogen) atoms. The molecular weight excluding hydrogens is 200 g/mol. The van der Waals surface area contributed by atoms with E-state index in [-0.39, 0.29) is 5.91 Å². The van der Waals surface area contributed by atoms with Crippen LogP contribution < -0.4 is 5.32 Å². The molecule has 0 heterocycles. The highest BCUT2D eigenvalue weighted by molar-refractivity contribution is 5.78. The molecule has 1 fully saturated rings. The first kappa shape index (κ1) is 13.0. The van der Waals surface area contributed by atoms with Gasteiger partial charge in [-0.2, -0.15) is 0 Å². The average molecular weight is 222 g/mol. The molecule has 0 spiro atoms. The maximum absolute atomic E-state index is 12.0. The Morgan fingerprint density at radius 3 is 2.56 bits per heavy atom. The van der Waals surface area contributed by atoms with Crippen LogP contribution in [0, 0.1) is 0 Å². The summed E-state index contributed by atoms with van der Waals surface area (Å²) in [7, 11) is 0. The van der Waals surface area contributed by atoms with Gasteiger partial charge in [-0.25, -0.2) is 0 Å². The summed E-state index contributed by atoms with van der Waals surface area (Å²) in [5.41, 5.74) is 0. The Morgan fingerprint density at radius 1 is 1.31 bits per heavy atom. The summed E-state index contributed by atoms with van der Waals surface area (Å²) in [6.45, 7) is 9.08. The molecule has 0 saturated heterocycles. The van der Waals surface area contributed by atoms with Gasteiger partial charge in [-0.3, -0.25) is 4.79 Å². The smallest absolute Gasteiger partial charge is 0.237 e. The number of hydrogen-bond donors (Lipinski definition) is 1. The molecule has 90 valence electrons. The number of amides is 1. The minimum atomic E-state index is 0.175. The van der Waals surface area contributed by atoms with E-state index in [2.05, 4.69) is 18.5 Å². The minimum absolute atomic E-state index is 0.175. The topological polar surface area (TPSA) is 32.3 Å². The van der Waals surface area contributed by atoms with Crippen molar-refractivity contribution in [1.29, 1.82) is 0 Å². The van der Waals surface area contributed by atoms with E-state index in [1.54, 1.807) is 6.08 Å². The van der Waals surface area contributed by atoms with Gasteiger partial charge in [0.1, 0.15) is 0 Å². The molecule has 1 saturated carbocycles. The van der Waals surface area contributed by atoms with Crippen LogP contribution in [0.4, 0.5) is 0 Å². The third-order valence-corrected chi connectivity index (χ3v) is 2.98. The quantitative estimate of drug-likeness (QED) is 0.525. The molecular formula is C13H22N2O. The standard InChI is InChI=1S/C13H22N2O/c1-3-9-14-11-13(16)15(10-4-2)12-7-5-6-8-12/h3-4,12,14H,1-2,5-11H2. The molecule has 1 aliphatic rings. The van der Waals surface area contributed by atoms with Crippen molar-refractivity contribution in [3.8, 4) is 0 Å². The maximum Gasteiger partial charge on any atom is 0.237 e. The predicted molar refractivity (Wildman–Crippen MR) is 67.2 cm³/mol. The van der Waals surface area contributed by atoms with E-state index in [1.807, 2.05) is 11.0 Å². The Bertz CT molecular complexity index is 244. The van der Waals surface area contributed by atoms with E-state index < -0.39 is 0 Å². The van der Waals surface area contributed by atoms with Crippen molar-refractivity contribution in [2.24, 2.45) is 0 Å². The highest BCUT2D eigenvalue weighted by Crippen LogP contribution is 2.23. The van der Waals surface area contributed by atoms with Crippen LogP contribution in [0.2, 0.25) is 0 Å². The molecule has 0 radical (unpaired) electrons. The van der Waals surface area contributed by atoms with Gasteiger partial charge in [0.15, 0.2) is 0 Å². The Balaban J connectivity index is 2.43. The molecule has 0 aliphatic heterocycles. The van der Waals surface area contributed by atoms with Crippen LogP contribution >= 0.6 is 0 Å². The van der Waals surface area contributed by atoms with Crippen molar-refractivity contribution in [1.82, 2.24) is 10.2 Å². The van der Waals surface area contributed by atoms with Crippen molar-refractivity contribution in [2.75, 3.05) is 19.6 Å². The molecule has 0 unspecified atom stereocenters. The summed E-state index contributed by atoms with van der Waals surface area (Å²) in [6, 6.07) is 0.427. The highest BCUT2D eigenvalue weighted by Gasteiger charge is 2.24. The van der Waals surface area contributed by atoms with Gasteiger partial charge in [0.25, 0.3) is 0 Å². The molecule has 1 rings (SSSR count). The summed E-state index contributed by atoms with van der Waals surface area (Å²) in [6.07, 6.45) is 8.34. The molecule has 1 amide bonds. The second-order valence-corrected chi connectivity index (χ2v) is 4.19. The molecule has 1 N–H and O–H groups in total. The van der Waals surface area contributed by atoms with Gasteiger partial charge in [-0.1, -0.05) is 25.0 Å². The summed E-state index contributed by atoms with van der Waals surface area (Å²) in [4.78, 5) is 13.9. The van der Waals surface area contributed by atoms with Crippen molar-refractivity contribution in [2.45, 2.75) is 31.7 Å². The zero-order valence-corrected chi connectivity index (χ0v) is 9.95. The van der Waals surface area contributed by atoms with Crippen molar-refractivity contribution < 1.29 is 4.79 Å². The summed E-state index contributed by atoms with van der Waals surface area (Å²) < 4.78 is 0. The van der Waals surface area contributed by atoms with Crippen LogP contribution in [0.25, 0.3) is 0 Å². The Labute approximate surface area is 98.2 Å². The zero-order valence-electron chi connectivity index (χ0n) is 9.95. The van der Waals surface area contributed by atoms with Crippen LogP contribution in [-0.2, 0) is 4.79 Å². The molecule has 1 aliphatic carbocycles. The molecule has 0 atom stereocenters. The van der Waals surface area contributed by atoms with Gasteiger partial charge in [-0.05, 0) is 12.8 Å². The molecule has 0 bridgehead atoms. The molecule has 0 aromatic rings. The summed E-state index contributed by atoms with van der Waals surface area (Å²) in [5.74, 6) is 0.175. The normalized spacial score (nSPS) is 16.0. The average Bonchev–Trinajstić information content (AvgIpc) is 2.79. The highest BCUT2D eigenvalue weighted by atomic mass is 16.2. The van der Waals surface area contributed by atoms with Gasteiger partial charge in [0, 0.05) is 19.1 Å². The lowest BCUT2D eigenvalue weighted by Crippen LogP contribution is -2.43. The zero-order chi connectivity index (χ0) is 11.8. The molecule has 3 nitrogen and oxygen atoms in total. The second-order valence-electron chi connectivity index (χ2n) is 4.19. The molecule has 0 aromatic carbocycles. The third kappa shape index (κ3) is 3.81. The number of hydrogen-bond acceptors (Lipinski definition) is 2. The Hall–Kier alpha value is -1.09.